The number of hydrogen-bond donors (Lipinski definition) is 3. The number of amides is 1. The number of nitrogens with one attached hydrogen (secondary N) is 3. The van der Waals surface area contributed by atoms with E-state index in [0.29, 0.717) is 25.6 Å². The van der Waals surface area contributed by atoms with Crippen molar-refractivity contribution in [2.75, 3.05) is 18.0 Å². The number of thioether (sulfide) groups is 1. The lowest BCUT2D eigenvalue weighted by atomic mass is 9.95. The smallest absolute Gasteiger partial charge is 0.242 e. The monoisotopic (exact) mass is 422 g/mol. The first-order valence-corrected chi connectivity index (χ1v) is 12.2. The second kappa shape index (κ2) is 8.44. The maximum absolute atomic E-state index is 12.7. The molecule has 1 saturated carbocycles. The van der Waals surface area contributed by atoms with Gasteiger partial charge in [-0.15, -0.1) is 0 Å². The van der Waals surface area contributed by atoms with Crippen LogP contribution in [0.5, 0.6) is 0 Å². The molecular weight excluding hydrogens is 396 g/mol. The number of benzene rings is 1. The molecule has 28 heavy (non-hydrogen) atoms. The molecule has 152 valence electrons. The van der Waals surface area contributed by atoms with Crippen molar-refractivity contribution in [3.05, 3.63) is 35.4 Å². The van der Waals surface area contributed by atoms with Gasteiger partial charge in [0.1, 0.15) is 5.50 Å². The highest BCUT2D eigenvalue weighted by molar-refractivity contribution is 8.03. The van der Waals surface area contributed by atoms with Crippen molar-refractivity contribution in [1.29, 1.82) is 0 Å². The molecule has 1 atom stereocenters. The fourth-order valence-electron chi connectivity index (χ4n) is 3.99. The first-order valence-electron chi connectivity index (χ1n) is 9.78. The molecule has 4 rings (SSSR count). The minimum Gasteiger partial charge on any atom is -0.366 e. The first-order chi connectivity index (χ1) is 13.5. The molecular formula is C19H26N4O3S2. The molecule has 7 nitrogen and oxygen atoms in total. The normalized spacial score (nSPS) is 22.3. The van der Waals surface area contributed by atoms with Crippen molar-refractivity contribution >= 4 is 33.4 Å². The van der Waals surface area contributed by atoms with Gasteiger partial charge in [0, 0.05) is 24.5 Å². The summed E-state index contributed by atoms with van der Waals surface area (Å²) in [5.74, 6) is 0.0516. The maximum atomic E-state index is 12.7. The Morgan fingerprint density at radius 3 is 2.82 bits per heavy atom. The average molecular weight is 423 g/mol. The number of rotatable bonds is 6. The molecule has 0 radical (unpaired) electrons. The van der Waals surface area contributed by atoms with Crippen molar-refractivity contribution in [2.24, 2.45) is 0 Å². The molecule has 1 aromatic carbocycles. The number of nitrogens with zero attached hydrogens (tertiary/aromatic N) is 1. The van der Waals surface area contributed by atoms with Gasteiger partial charge < -0.3 is 15.5 Å². The van der Waals surface area contributed by atoms with Crippen LogP contribution in [0.1, 0.15) is 37.7 Å². The number of anilines is 1. The highest BCUT2D eigenvalue weighted by Gasteiger charge is 2.28. The second-order valence-electron chi connectivity index (χ2n) is 7.41. The Bertz CT molecular complexity index is 858. The molecule has 3 aliphatic rings. The molecule has 1 fully saturated rings. The van der Waals surface area contributed by atoms with Crippen LogP contribution in [0.15, 0.2) is 34.7 Å². The number of sulfonamides is 1. The van der Waals surface area contributed by atoms with E-state index >= 15 is 0 Å². The van der Waals surface area contributed by atoms with Crippen LogP contribution in [-0.2, 0) is 21.2 Å². The third-order valence-electron chi connectivity index (χ3n) is 5.50. The summed E-state index contributed by atoms with van der Waals surface area (Å²) in [4.78, 5) is 14.7. The highest BCUT2D eigenvalue weighted by Crippen LogP contribution is 2.30. The van der Waals surface area contributed by atoms with E-state index in [4.69, 9.17) is 0 Å². The van der Waals surface area contributed by atoms with E-state index in [1.54, 1.807) is 34.7 Å². The van der Waals surface area contributed by atoms with Gasteiger partial charge in [-0.3, -0.25) is 4.79 Å². The van der Waals surface area contributed by atoms with Gasteiger partial charge in [-0.25, -0.2) is 8.42 Å². The molecule has 1 aliphatic carbocycles. The Balaban J connectivity index is 1.40. The summed E-state index contributed by atoms with van der Waals surface area (Å²) in [7, 11) is -3.62. The van der Waals surface area contributed by atoms with Gasteiger partial charge in [0.05, 0.1) is 11.4 Å². The summed E-state index contributed by atoms with van der Waals surface area (Å²) < 4.78 is 27.8. The fraction of sp³-hybridized carbons (Fsp3) is 0.526. The van der Waals surface area contributed by atoms with Gasteiger partial charge in [0.15, 0.2) is 0 Å². The SMILES string of the molecule is O=C(CNC1CCCCC1)N1CCc2cc(S(=O)(=O)NC3NC=CS3)ccc21. The van der Waals surface area contributed by atoms with Gasteiger partial charge in [-0.05, 0) is 48.4 Å². The Morgan fingerprint density at radius 1 is 1.25 bits per heavy atom. The van der Waals surface area contributed by atoms with Crippen LogP contribution in [-0.4, -0.2) is 39.0 Å². The summed E-state index contributed by atoms with van der Waals surface area (Å²) in [6, 6.07) is 5.46. The van der Waals surface area contributed by atoms with E-state index in [1.807, 2.05) is 0 Å². The van der Waals surface area contributed by atoms with E-state index in [0.717, 1.165) is 24.1 Å². The van der Waals surface area contributed by atoms with Gasteiger partial charge in [0.25, 0.3) is 0 Å². The summed E-state index contributed by atoms with van der Waals surface area (Å²) in [6.45, 7) is 0.935. The molecule has 1 amide bonds. The molecule has 9 heteroatoms. The summed E-state index contributed by atoms with van der Waals surface area (Å²) >= 11 is 1.37. The van der Waals surface area contributed by atoms with E-state index in [9.17, 15) is 13.2 Å². The number of fused-ring (bicyclic) bond motifs is 1. The zero-order valence-corrected chi connectivity index (χ0v) is 17.3. The highest BCUT2D eigenvalue weighted by atomic mass is 32.2. The van der Waals surface area contributed by atoms with Crippen LogP contribution in [0, 0.1) is 0 Å². The summed E-state index contributed by atoms with van der Waals surface area (Å²) in [5.41, 5.74) is 1.34. The van der Waals surface area contributed by atoms with Crippen molar-refractivity contribution in [3.8, 4) is 0 Å². The average Bonchev–Trinajstić information content (AvgIpc) is 3.35. The molecule has 3 N–H and O–H groups in total. The third kappa shape index (κ3) is 4.37. The minimum atomic E-state index is -3.62. The van der Waals surface area contributed by atoms with Gasteiger partial charge in [-0.2, -0.15) is 4.72 Å². The third-order valence-corrected chi connectivity index (χ3v) is 7.89. The van der Waals surface area contributed by atoms with E-state index in [1.165, 1.54) is 31.0 Å². The summed E-state index contributed by atoms with van der Waals surface area (Å²) in [5, 5.41) is 8.13. The quantitative estimate of drug-likeness (QED) is 0.648. The molecule has 0 aromatic heterocycles. The van der Waals surface area contributed by atoms with Crippen molar-refractivity contribution in [1.82, 2.24) is 15.4 Å². The minimum absolute atomic E-state index is 0.0516. The number of hydrogen-bond acceptors (Lipinski definition) is 6. The van der Waals surface area contributed by atoms with Crippen molar-refractivity contribution in [2.45, 2.75) is 55.0 Å². The van der Waals surface area contributed by atoms with Gasteiger partial charge in [0.2, 0.25) is 15.9 Å². The number of carbonyl (C=O) groups excluding carboxylic acids is 1. The zero-order chi connectivity index (χ0) is 19.6. The van der Waals surface area contributed by atoms with E-state index in [-0.39, 0.29) is 16.3 Å². The van der Waals surface area contributed by atoms with Crippen LogP contribution in [0.4, 0.5) is 5.69 Å². The molecule has 2 aliphatic heterocycles. The van der Waals surface area contributed by atoms with E-state index < -0.39 is 10.0 Å². The van der Waals surface area contributed by atoms with Gasteiger partial charge >= 0.3 is 0 Å². The lowest BCUT2D eigenvalue weighted by Gasteiger charge is -2.24. The van der Waals surface area contributed by atoms with Gasteiger partial charge in [-0.1, -0.05) is 31.0 Å². The Labute approximate surface area is 170 Å². The maximum Gasteiger partial charge on any atom is 0.242 e. The standard InChI is InChI=1S/C19H26N4O3S2/c24-18(13-21-15-4-2-1-3-5-15)23-10-8-14-12-16(6-7-17(14)23)28(25,26)22-19-20-9-11-27-19/h6-7,9,11-12,15,19-22H,1-5,8,10,13H2. The lowest BCUT2D eigenvalue weighted by Crippen LogP contribution is -2.41. The van der Waals surface area contributed by atoms with Crippen LogP contribution in [0.2, 0.25) is 0 Å². The Hall–Kier alpha value is -1.55. The van der Waals surface area contributed by atoms with Crippen molar-refractivity contribution in [3.63, 3.8) is 0 Å². The number of carbonyl (C=O) groups is 1. The fourth-order valence-corrected chi connectivity index (χ4v) is 6.10. The predicted molar refractivity (Wildman–Crippen MR) is 111 cm³/mol. The molecule has 1 aromatic rings. The molecule has 0 spiro atoms. The van der Waals surface area contributed by atoms with Crippen molar-refractivity contribution < 1.29 is 13.2 Å². The molecule has 2 heterocycles. The lowest BCUT2D eigenvalue weighted by molar-refractivity contribution is -0.117. The van der Waals surface area contributed by atoms with Crippen LogP contribution in [0.25, 0.3) is 0 Å². The molecule has 0 saturated heterocycles. The second-order valence-corrected chi connectivity index (χ2v) is 10.1. The van der Waals surface area contributed by atoms with E-state index in [2.05, 4.69) is 15.4 Å². The van der Waals surface area contributed by atoms with Crippen LogP contribution in [0.3, 0.4) is 0 Å². The Kier molecular flexibility index (Phi) is 5.96. The largest absolute Gasteiger partial charge is 0.366 e. The van der Waals surface area contributed by atoms with Crippen LogP contribution < -0.4 is 20.3 Å². The Morgan fingerprint density at radius 2 is 2.07 bits per heavy atom. The molecule has 0 bridgehead atoms. The summed E-state index contributed by atoms with van der Waals surface area (Å²) in [6.07, 6.45) is 8.42. The van der Waals surface area contributed by atoms with Crippen LogP contribution >= 0.6 is 11.8 Å². The zero-order valence-electron chi connectivity index (χ0n) is 15.7. The predicted octanol–water partition coefficient (Wildman–Crippen LogP) is 1.87. The first kappa shape index (κ1) is 19.8. The molecule has 1 unspecified atom stereocenters. The topological polar surface area (TPSA) is 90.5 Å².